The number of hydrogen-bond acceptors (Lipinski definition) is 5. The summed E-state index contributed by atoms with van der Waals surface area (Å²) in [5.41, 5.74) is 7.19. The Morgan fingerprint density at radius 1 is 1.25 bits per heavy atom. The molecule has 3 heterocycles. The van der Waals surface area contributed by atoms with Gasteiger partial charge in [-0.05, 0) is 31.6 Å². The van der Waals surface area contributed by atoms with Crippen molar-refractivity contribution in [3.05, 3.63) is 12.7 Å². The van der Waals surface area contributed by atoms with Gasteiger partial charge in [-0.2, -0.15) is 0 Å². The molecular formula is C17H26N6O. The van der Waals surface area contributed by atoms with Crippen LogP contribution in [0.3, 0.4) is 0 Å². The second-order valence-electron chi connectivity index (χ2n) is 6.56. The number of carbonyl (C=O) groups excluding carboxylic acids is 1. The van der Waals surface area contributed by atoms with Crippen LogP contribution in [0.15, 0.2) is 12.7 Å². The number of fused-ring (bicyclic) bond motifs is 1. The molecule has 2 N–H and O–H groups in total. The van der Waals surface area contributed by atoms with Crippen molar-refractivity contribution in [2.75, 3.05) is 18.8 Å². The summed E-state index contributed by atoms with van der Waals surface area (Å²) in [4.78, 5) is 26.8. The number of anilines is 1. The van der Waals surface area contributed by atoms with E-state index >= 15 is 0 Å². The number of amides is 1. The highest BCUT2D eigenvalue weighted by Crippen LogP contribution is 2.21. The second-order valence-corrected chi connectivity index (χ2v) is 6.56. The molecule has 3 rings (SSSR count). The first kappa shape index (κ1) is 16.7. The molecule has 0 atom stereocenters. The van der Waals surface area contributed by atoms with Gasteiger partial charge in [0.05, 0.1) is 6.33 Å². The van der Waals surface area contributed by atoms with E-state index in [1.54, 1.807) is 6.33 Å². The topological polar surface area (TPSA) is 89.9 Å². The van der Waals surface area contributed by atoms with Gasteiger partial charge in [0.1, 0.15) is 11.8 Å². The fourth-order valence-electron chi connectivity index (χ4n) is 3.37. The Kier molecular flexibility index (Phi) is 5.27. The molecule has 0 aromatic carbocycles. The summed E-state index contributed by atoms with van der Waals surface area (Å²) in [6.07, 6.45) is 9.18. The zero-order valence-corrected chi connectivity index (χ0v) is 14.3. The predicted octanol–water partition coefficient (Wildman–Crippen LogP) is 2.23. The van der Waals surface area contributed by atoms with Crippen LogP contribution in [-0.4, -0.2) is 43.4 Å². The summed E-state index contributed by atoms with van der Waals surface area (Å²) in [6, 6.07) is 0. The monoisotopic (exact) mass is 330 g/mol. The first-order valence-electron chi connectivity index (χ1n) is 8.88. The van der Waals surface area contributed by atoms with Gasteiger partial charge in [0.25, 0.3) is 0 Å². The van der Waals surface area contributed by atoms with Crippen molar-refractivity contribution >= 4 is 22.9 Å². The van der Waals surface area contributed by atoms with Gasteiger partial charge in [0, 0.05) is 26.1 Å². The smallest absolute Gasteiger partial charge is 0.222 e. The van der Waals surface area contributed by atoms with Crippen LogP contribution >= 0.6 is 0 Å². The maximum absolute atomic E-state index is 12.3. The Morgan fingerprint density at radius 3 is 2.79 bits per heavy atom. The van der Waals surface area contributed by atoms with Gasteiger partial charge in [-0.3, -0.25) is 4.79 Å². The Morgan fingerprint density at radius 2 is 2.04 bits per heavy atom. The molecule has 2 aromatic rings. The number of piperidine rings is 1. The van der Waals surface area contributed by atoms with Gasteiger partial charge >= 0.3 is 0 Å². The van der Waals surface area contributed by atoms with E-state index in [1.165, 1.54) is 12.7 Å². The lowest BCUT2D eigenvalue weighted by Gasteiger charge is -2.31. The summed E-state index contributed by atoms with van der Waals surface area (Å²) in [5, 5.41) is 0. The molecule has 1 aliphatic rings. The van der Waals surface area contributed by atoms with Crippen molar-refractivity contribution in [3.63, 3.8) is 0 Å². The predicted molar refractivity (Wildman–Crippen MR) is 93.2 cm³/mol. The minimum absolute atomic E-state index is 0.298. The normalized spacial score (nSPS) is 16.0. The maximum Gasteiger partial charge on any atom is 0.222 e. The summed E-state index contributed by atoms with van der Waals surface area (Å²) >= 11 is 0. The number of nitrogens with zero attached hydrogens (tertiary/aromatic N) is 5. The lowest BCUT2D eigenvalue weighted by molar-refractivity contribution is -0.132. The Balaban J connectivity index is 1.43. The second kappa shape index (κ2) is 7.59. The summed E-state index contributed by atoms with van der Waals surface area (Å²) in [7, 11) is 0. The number of likely N-dealkylation sites (tertiary alicyclic amines) is 1. The maximum atomic E-state index is 12.3. The van der Waals surface area contributed by atoms with Gasteiger partial charge in [-0.1, -0.05) is 13.3 Å². The van der Waals surface area contributed by atoms with E-state index in [9.17, 15) is 4.79 Å². The number of hydrogen-bond donors (Lipinski definition) is 1. The van der Waals surface area contributed by atoms with Crippen LogP contribution < -0.4 is 5.73 Å². The van der Waals surface area contributed by atoms with Crippen LogP contribution in [0.5, 0.6) is 0 Å². The van der Waals surface area contributed by atoms with Crippen molar-refractivity contribution in [1.29, 1.82) is 0 Å². The van der Waals surface area contributed by atoms with E-state index in [1.807, 2.05) is 9.47 Å². The fourth-order valence-corrected chi connectivity index (χ4v) is 3.37. The van der Waals surface area contributed by atoms with Crippen LogP contribution in [0.25, 0.3) is 11.2 Å². The molecule has 2 aromatic heterocycles. The third-order valence-corrected chi connectivity index (χ3v) is 5.01. The molecular weight excluding hydrogens is 304 g/mol. The van der Waals surface area contributed by atoms with E-state index in [0.29, 0.717) is 23.7 Å². The number of nitrogen functional groups attached to an aromatic ring is 1. The van der Waals surface area contributed by atoms with Crippen LogP contribution in [-0.2, 0) is 11.3 Å². The first-order chi connectivity index (χ1) is 11.7. The van der Waals surface area contributed by atoms with Crippen LogP contribution in [0, 0.1) is 5.92 Å². The number of aryl methyl sites for hydroxylation is 1. The number of unbranched alkanes of at least 4 members (excludes halogenated alkanes) is 1. The van der Waals surface area contributed by atoms with E-state index in [0.717, 1.165) is 56.9 Å². The molecule has 1 aliphatic heterocycles. The van der Waals surface area contributed by atoms with Crippen LogP contribution in [0.2, 0.25) is 0 Å². The highest BCUT2D eigenvalue weighted by molar-refractivity contribution is 5.81. The lowest BCUT2D eigenvalue weighted by atomic mass is 9.94. The summed E-state index contributed by atoms with van der Waals surface area (Å²) in [6.45, 7) is 4.89. The van der Waals surface area contributed by atoms with Gasteiger partial charge < -0.3 is 15.2 Å². The highest BCUT2D eigenvalue weighted by Gasteiger charge is 2.21. The summed E-state index contributed by atoms with van der Waals surface area (Å²) < 4.78 is 1.98. The van der Waals surface area contributed by atoms with E-state index < -0.39 is 0 Å². The van der Waals surface area contributed by atoms with Crippen molar-refractivity contribution < 1.29 is 4.79 Å². The molecule has 1 saturated heterocycles. The molecule has 0 bridgehead atoms. The Bertz CT molecular complexity index is 689. The van der Waals surface area contributed by atoms with E-state index in [4.69, 9.17) is 5.73 Å². The largest absolute Gasteiger partial charge is 0.382 e. The molecule has 0 radical (unpaired) electrons. The van der Waals surface area contributed by atoms with Gasteiger partial charge in [-0.25, -0.2) is 15.0 Å². The van der Waals surface area contributed by atoms with Crippen molar-refractivity contribution in [3.8, 4) is 0 Å². The lowest BCUT2D eigenvalue weighted by Crippen LogP contribution is -2.38. The van der Waals surface area contributed by atoms with Gasteiger partial charge in [0.2, 0.25) is 5.91 Å². The summed E-state index contributed by atoms with van der Waals surface area (Å²) in [5.74, 6) is 1.51. The average molecular weight is 330 g/mol. The number of aromatic nitrogens is 4. The third-order valence-electron chi connectivity index (χ3n) is 5.01. The first-order valence-corrected chi connectivity index (χ1v) is 8.88. The number of nitrogens with two attached hydrogens (primary N) is 1. The zero-order valence-electron chi connectivity index (χ0n) is 14.3. The zero-order chi connectivity index (χ0) is 16.9. The molecule has 1 fully saturated rings. The van der Waals surface area contributed by atoms with Gasteiger partial charge in [0.15, 0.2) is 11.5 Å². The van der Waals surface area contributed by atoms with E-state index in [2.05, 4.69) is 21.9 Å². The highest BCUT2D eigenvalue weighted by atomic mass is 16.2. The Labute approximate surface area is 142 Å². The van der Waals surface area contributed by atoms with Crippen LogP contribution in [0.4, 0.5) is 5.82 Å². The number of imidazole rings is 1. The third kappa shape index (κ3) is 3.66. The molecule has 24 heavy (non-hydrogen) atoms. The molecule has 7 heteroatoms. The molecule has 1 amide bonds. The molecule has 130 valence electrons. The fraction of sp³-hybridized carbons (Fsp3) is 0.647. The van der Waals surface area contributed by atoms with E-state index in [-0.39, 0.29) is 0 Å². The van der Waals surface area contributed by atoms with Gasteiger partial charge in [-0.15, -0.1) is 0 Å². The Hall–Kier alpha value is -2.18. The average Bonchev–Trinajstić information content (AvgIpc) is 3.03. The number of carbonyl (C=O) groups is 1. The molecule has 0 saturated carbocycles. The molecule has 0 unspecified atom stereocenters. The minimum Gasteiger partial charge on any atom is -0.382 e. The SMILES string of the molecule is CCC1CCN(C(=O)CCCCn2cnc3c(N)ncnc32)CC1. The van der Waals surface area contributed by atoms with Crippen molar-refractivity contribution in [1.82, 2.24) is 24.4 Å². The molecule has 7 nitrogen and oxygen atoms in total. The standard InChI is InChI=1S/C17H26N6O/c1-2-13-6-9-22(10-7-13)14(24)5-3-4-8-23-12-21-15-16(18)19-11-20-17(15)23/h11-13H,2-10H2,1H3,(H2,18,19,20). The van der Waals surface area contributed by atoms with Crippen molar-refractivity contribution in [2.24, 2.45) is 5.92 Å². The quantitative estimate of drug-likeness (QED) is 0.820. The van der Waals surface area contributed by atoms with Crippen molar-refractivity contribution in [2.45, 2.75) is 52.0 Å². The molecule has 0 spiro atoms. The van der Waals surface area contributed by atoms with Crippen LogP contribution in [0.1, 0.15) is 45.4 Å². The molecule has 0 aliphatic carbocycles. The minimum atomic E-state index is 0.298. The number of rotatable bonds is 6.